The van der Waals surface area contributed by atoms with Gasteiger partial charge in [0.25, 0.3) is 0 Å². The third kappa shape index (κ3) is 3.25. The molecule has 0 aliphatic carbocycles. The van der Waals surface area contributed by atoms with Crippen molar-refractivity contribution in [3.05, 3.63) is 29.3 Å². The van der Waals surface area contributed by atoms with Crippen molar-refractivity contribution in [2.75, 3.05) is 20.0 Å². The minimum atomic E-state index is -0.499. The summed E-state index contributed by atoms with van der Waals surface area (Å²) >= 11 is 1.66. The summed E-state index contributed by atoms with van der Waals surface area (Å²) in [4.78, 5) is 38.1. The fraction of sp³-hybridized carbons (Fsp3) is 0.500. The van der Waals surface area contributed by atoms with E-state index in [2.05, 4.69) is 5.32 Å². The van der Waals surface area contributed by atoms with Gasteiger partial charge in [-0.2, -0.15) is 0 Å². The standard InChI is InChI=1S/C18H22N2O5S/c1-18-7-6-15(21)20(18)13(10-26-18)16(22)19-9-11-4-5-14(24-2)12(8-11)17(23)25-3/h4-5,8,13H,6-7,9-10H2,1-3H3,(H,19,22)/t13-,18-/m0/s1. The third-order valence-electron chi connectivity index (χ3n) is 4.88. The molecule has 2 aliphatic rings. The van der Waals surface area contributed by atoms with Crippen LogP contribution in [0.4, 0.5) is 0 Å². The number of benzene rings is 1. The van der Waals surface area contributed by atoms with Crippen molar-refractivity contribution in [2.45, 2.75) is 37.2 Å². The highest BCUT2D eigenvalue weighted by molar-refractivity contribution is 8.01. The first kappa shape index (κ1) is 18.6. The molecular formula is C18H22N2O5S. The summed E-state index contributed by atoms with van der Waals surface area (Å²) in [7, 11) is 2.78. The van der Waals surface area contributed by atoms with Gasteiger partial charge in [-0.05, 0) is 31.0 Å². The summed E-state index contributed by atoms with van der Waals surface area (Å²) in [6.45, 7) is 2.27. The third-order valence-corrected chi connectivity index (χ3v) is 6.39. The number of carbonyl (C=O) groups is 3. The number of rotatable bonds is 5. The van der Waals surface area contributed by atoms with Gasteiger partial charge in [-0.25, -0.2) is 4.79 Å². The van der Waals surface area contributed by atoms with Crippen LogP contribution >= 0.6 is 11.8 Å². The van der Waals surface area contributed by atoms with Gasteiger partial charge in [-0.1, -0.05) is 6.07 Å². The Morgan fingerprint density at radius 1 is 1.38 bits per heavy atom. The zero-order valence-electron chi connectivity index (χ0n) is 15.0. The molecule has 2 saturated heterocycles. The number of fused-ring (bicyclic) bond motifs is 1. The van der Waals surface area contributed by atoms with Crippen LogP contribution in [0.25, 0.3) is 0 Å². The Labute approximate surface area is 156 Å². The number of amides is 2. The molecule has 8 heteroatoms. The van der Waals surface area contributed by atoms with E-state index in [-0.39, 0.29) is 23.2 Å². The van der Waals surface area contributed by atoms with Gasteiger partial charge in [-0.3, -0.25) is 9.59 Å². The molecule has 2 heterocycles. The molecule has 7 nitrogen and oxygen atoms in total. The Morgan fingerprint density at radius 2 is 2.15 bits per heavy atom. The highest BCUT2D eigenvalue weighted by Gasteiger charge is 2.52. The van der Waals surface area contributed by atoms with E-state index in [1.165, 1.54) is 14.2 Å². The minimum absolute atomic E-state index is 0.0371. The van der Waals surface area contributed by atoms with Crippen molar-refractivity contribution < 1.29 is 23.9 Å². The second-order valence-corrected chi connectivity index (χ2v) is 8.01. The first-order chi connectivity index (χ1) is 12.4. The largest absolute Gasteiger partial charge is 0.496 e. The van der Waals surface area contributed by atoms with Crippen molar-refractivity contribution in [1.82, 2.24) is 10.2 Å². The van der Waals surface area contributed by atoms with E-state index < -0.39 is 12.0 Å². The molecule has 1 N–H and O–H groups in total. The first-order valence-electron chi connectivity index (χ1n) is 8.38. The number of hydrogen-bond acceptors (Lipinski definition) is 6. The van der Waals surface area contributed by atoms with Gasteiger partial charge in [0.1, 0.15) is 17.4 Å². The maximum absolute atomic E-state index is 12.6. The molecule has 1 aromatic rings. The van der Waals surface area contributed by atoms with Crippen LogP contribution in [0.2, 0.25) is 0 Å². The van der Waals surface area contributed by atoms with E-state index in [0.29, 0.717) is 23.5 Å². The molecule has 0 unspecified atom stereocenters. The van der Waals surface area contributed by atoms with Gasteiger partial charge in [-0.15, -0.1) is 11.8 Å². The zero-order chi connectivity index (χ0) is 18.9. The lowest BCUT2D eigenvalue weighted by atomic mass is 10.1. The van der Waals surface area contributed by atoms with Crippen LogP contribution in [0.3, 0.4) is 0 Å². The molecule has 3 rings (SSSR count). The molecule has 26 heavy (non-hydrogen) atoms. The van der Waals surface area contributed by atoms with Crippen molar-refractivity contribution in [2.24, 2.45) is 0 Å². The van der Waals surface area contributed by atoms with Crippen molar-refractivity contribution in [3.8, 4) is 5.75 Å². The van der Waals surface area contributed by atoms with Crippen LogP contribution in [-0.2, 0) is 20.9 Å². The summed E-state index contributed by atoms with van der Waals surface area (Å²) in [5.41, 5.74) is 1.06. The molecule has 0 saturated carbocycles. The average molecular weight is 378 g/mol. The van der Waals surface area contributed by atoms with Crippen molar-refractivity contribution in [1.29, 1.82) is 0 Å². The van der Waals surface area contributed by atoms with Crippen LogP contribution in [0.15, 0.2) is 18.2 Å². The van der Waals surface area contributed by atoms with Crippen LogP contribution in [0.1, 0.15) is 35.7 Å². The Balaban J connectivity index is 1.68. The summed E-state index contributed by atoms with van der Waals surface area (Å²) in [5, 5.41) is 2.87. The lowest BCUT2D eigenvalue weighted by Gasteiger charge is -2.29. The first-order valence-corrected chi connectivity index (χ1v) is 9.37. The highest BCUT2D eigenvalue weighted by Crippen LogP contribution is 2.47. The number of nitrogens with one attached hydrogen (secondary N) is 1. The molecule has 1 aromatic carbocycles. The number of nitrogens with zero attached hydrogens (tertiary/aromatic N) is 1. The fourth-order valence-electron chi connectivity index (χ4n) is 3.46. The maximum atomic E-state index is 12.6. The van der Waals surface area contributed by atoms with Gasteiger partial charge in [0.15, 0.2) is 0 Å². The number of methoxy groups -OCH3 is 2. The van der Waals surface area contributed by atoms with Crippen LogP contribution < -0.4 is 10.1 Å². The van der Waals surface area contributed by atoms with E-state index in [1.54, 1.807) is 34.9 Å². The van der Waals surface area contributed by atoms with E-state index in [1.807, 2.05) is 6.92 Å². The fourth-order valence-corrected chi connectivity index (χ4v) is 4.89. The molecule has 2 amide bonds. The van der Waals surface area contributed by atoms with E-state index >= 15 is 0 Å². The van der Waals surface area contributed by atoms with Crippen molar-refractivity contribution >= 4 is 29.5 Å². The average Bonchev–Trinajstić information content (AvgIpc) is 3.14. The lowest BCUT2D eigenvalue weighted by molar-refractivity contribution is -0.138. The Morgan fingerprint density at radius 3 is 2.85 bits per heavy atom. The maximum Gasteiger partial charge on any atom is 0.341 e. The molecule has 2 aliphatic heterocycles. The summed E-state index contributed by atoms with van der Waals surface area (Å²) in [6, 6.07) is 4.64. The number of carbonyl (C=O) groups excluding carboxylic acids is 3. The van der Waals surface area contributed by atoms with Crippen LogP contribution in [-0.4, -0.2) is 53.6 Å². The van der Waals surface area contributed by atoms with E-state index in [0.717, 1.165) is 12.0 Å². The van der Waals surface area contributed by atoms with Gasteiger partial charge in [0.2, 0.25) is 11.8 Å². The minimum Gasteiger partial charge on any atom is -0.496 e. The summed E-state index contributed by atoms with van der Waals surface area (Å²) in [6.07, 6.45) is 1.27. The number of hydrogen-bond donors (Lipinski definition) is 1. The molecule has 2 atom stereocenters. The SMILES string of the molecule is COC(=O)c1cc(CNC(=O)[C@@H]2CS[C@@]3(C)CCC(=O)N23)ccc1OC. The lowest BCUT2D eigenvalue weighted by Crippen LogP contribution is -2.49. The van der Waals surface area contributed by atoms with Gasteiger partial charge in [0.05, 0.1) is 19.1 Å². The predicted molar refractivity (Wildman–Crippen MR) is 96.9 cm³/mol. The highest BCUT2D eigenvalue weighted by atomic mass is 32.2. The number of ether oxygens (including phenoxy) is 2. The Hall–Kier alpha value is -2.22. The number of esters is 1. The second kappa shape index (κ2) is 7.19. The van der Waals surface area contributed by atoms with Gasteiger partial charge < -0.3 is 19.7 Å². The summed E-state index contributed by atoms with van der Waals surface area (Å²) in [5.74, 6) is 0.379. The van der Waals surface area contributed by atoms with E-state index in [9.17, 15) is 14.4 Å². The smallest absolute Gasteiger partial charge is 0.341 e. The normalized spacial score (nSPS) is 24.3. The van der Waals surface area contributed by atoms with E-state index in [4.69, 9.17) is 9.47 Å². The predicted octanol–water partition coefficient (Wildman–Crippen LogP) is 1.55. The quantitative estimate of drug-likeness (QED) is 0.783. The van der Waals surface area contributed by atoms with Crippen LogP contribution in [0, 0.1) is 0 Å². The zero-order valence-corrected chi connectivity index (χ0v) is 15.9. The molecule has 140 valence electrons. The Bertz CT molecular complexity index is 753. The molecule has 0 spiro atoms. The second-order valence-electron chi connectivity index (χ2n) is 6.51. The molecule has 0 radical (unpaired) electrons. The molecule has 0 aromatic heterocycles. The van der Waals surface area contributed by atoms with Gasteiger partial charge in [0, 0.05) is 18.7 Å². The molecule has 0 bridgehead atoms. The summed E-state index contributed by atoms with van der Waals surface area (Å²) < 4.78 is 9.92. The Kier molecular flexibility index (Phi) is 5.13. The topological polar surface area (TPSA) is 84.9 Å². The monoisotopic (exact) mass is 378 g/mol. The number of thioether (sulfide) groups is 1. The van der Waals surface area contributed by atoms with Gasteiger partial charge >= 0.3 is 5.97 Å². The van der Waals surface area contributed by atoms with Crippen molar-refractivity contribution in [3.63, 3.8) is 0 Å². The molecule has 2 fully saturated rings. The van der Waals surface area contributed by atoms with Crippen LogP contribution in [0.5, 0.6) is 5.75 Å². The molecular weight excluding hydrogens is 356 g/mol.